The molecule has 0 heterocycles. The molecule has 0 aliphatic rings. The maximum absolute atomic E-state index is 11.6. The summed E-state index contributed by atoms with van der Waals surface area (Å²) in [5.41, 5.74) is 1.20. The standard InChI is InChI=1S/C15H22N2O3/c1-4-10(2)14(19)9-16-15(20)17-13-7-5-12(6-8-13)11(3)18/h5-8,10,14,19H,4,9H2,1-3H3,(H2,16,17,20). The molecule has 5 nitrogen and oxygen atoms in total. The van der Waals surface area contributed by atoms with Gasteiger partial charge in [-0.2, -0.15) is 0 Å². The smallest absolute Gasteiger partial charge is 0.319 e. The van der Waals surface area contributed by atoms with Gasteiger partial charge in [0, 0.05) is 17.8 Å². The fourth-order valence-electron chi connectivity index (χ4n) is 1.63. The van der Waals surface area contributed by atoms with Crippen LogP contribution in [-0.2, 0) is 0 Å². The van der Waals surface area contributed by atoms with Crippen LogP contribution >= 0.6 is 0 Å². The Hall–Kier alpha value is -1.88. The first kappa shape index (κ1) is 16.2. The average molecular weight is 278 g/mol. The molecule has 1 aromatic rings. The van der Waals surface area contributed by atoms with Gasteiger partial charge in [-0.05, 0) is 37.1 Å². The lowest BCUT2D eigenvalue weighted by Crippen LogP contribution is -2.37. The molecule has 1 aromatic carbocycles. The van der Waals surface area contributed by atoms with Crippen molar-refractivity contribution in [1.29, 1.82) is 0 Å². The number of anilines is 1. The number of hydrogen-bond donors (Lipinski definition) is 3. The lowest BCUT2D eigenvalue weighted by atomic mass is 10.0. The fraction of sp³-hybridized carbons (Fsp3) is 0.467. The SMILES string of the molecule is CCC(C)C(O)CNC(=O)Nc1ccc(C(C)=O)cc1. The molecule has 0 saturated heterocycles. The number of Topliss-reactive ketones (excluding diaryl/α,β-unsaturated/α-hetero) is 1. The maximum atomic E-state index is 11.6. The first-order valence-electron chi connectivity index (χ1n) is 6.78. The van der Waals surface area contributed by atoms with Crippen molar-refractivity contribution in [1.82, 2.24) is 5.32 Å². The van der Waals surface area contributed by atoms with Crippen molar-refractivity contribution in [2.75, 3.05) is 11.9 Å². The summed E-state index contributed by atoms with van der Waals surface area (Å²) in [7, 11) is 0. The number of urea groups is 1. The molecule has 5 heteroatoms. The van der Waals surface area contributed by atoms with Crippen LogP contribution in [0.2, 0.25) is 0 Å². The molecular weight excluding hydrogens is 256 g/mol. The van der Waals surface area contributed by atoms with E-state index in [0.717, 1.165) is 6.42 Å². The van der Waals surface area contributed by atoms with Gasteiger partial charge >= 0.3 is 6.03 Å². The van der Waals surface area contributed by atoms with Crippen molar-refractivity contribution in [3.8, 4) is 0 Å². The number of amides is 2. The van der Waals surface area contributed by atoms with Crippen LogP contribution in [0.15, 0.2) is 24.3 Å². The molecule has 0 spiro atoms. The molecule has 2 amide bonds. The van der Waals surface area contributed by atoms with Gasteiger partial charge in [-0.1, -0.05) is 20.3 Å². The topological polar surface area (TPSA) is 78.4 Å². The van der Waals surface area contributed by atoms with Gasteiger partial charge in [0.25, 0.3) is 0 Å². The molecule has 0 aliphatic heterocycles. The third-order valence-corrected chi connectivity index (χ3v) is 3.32. The van der Waals surface area contributed by atoms with Gasteiger partial charge in [-0.25, -0.2) is 4.79 Å². The summed E-state index contributed by atoms with van der Waals surface area (Å²) >= 11 is 0. The predicted octanol–water partition coefficient (Wildman–Crippen LogP) is 2.42. The first-order chi connectivity index (χ1) is 9.43. The highest BCUT2D eigenvalue weighted by molar-refractivity contribution is 5.95. The molecule has 0 aliphatic carbocycles. The zero-order valence-corrected chi connectivity index (χ0v) is 12.1. The molecule has 0 fully saturated rings. The molecule has 0 aromatic heterocycles. The summed E-state index contributed by atoms with van der Waals surface area (Å²) in [6.07, 6.45) is 0.308. The second-order valence-electron chi connectivity index (χ2n) is 4.92. The van der Waals surface area contributed by atoms with Crippen LogP contribution in [0.3, 0.4) is 0 Å². The largest absolute Gasteiger partial charge is 0.391 e. The Labute approximate surface area is 119 Å². The van der Waals surface area contributed by atoms with Crippen molar-refractivity contribution in [3.63, 3.8) is 0 Å². The number of rotatable bonds is 6. The Morgan fingerprint density at radius 3 is 2.35 bits per heavy atom. The summed E-state index contributed by atoms with van der Waals surface area (Å²) in [6, 6.07) is 6.28. The van der Waals surface area contributed by atoms with Crippen molar-refractivity contribution < 1.29 is 14.7 Å². The molecular formula is C15H22N2O3. The Morgan fingerprint density at radius 2 is 1.85 bits per heavy atom. The number of ketones is 1. The van der Waals surface area contributed by atoms with E-state index in [-0.39, 0.29) is 24.3 Å². The highest BCUT2D eigenvalue weighted by Gasteiger charge is 2.13. The van der Waals surface area contributed by atoms with Crippen LogP contribution in [0.4, 0.5) is 10.5 Å². The Kier molecular flexibility index (Phi) is 6.18. The van der Waals surface area contributed by atoms with E-state index >= 15 is 0 Å². The predicted molar refractivity (Wildman–Crippen MR) is 78.9 cm³/mol. The van der Waals surface area contributed by atoms with E-state index in [9.17, 15) is 14.7 Å². The van der Waals surface area contributed by atoms with E-state index in [1.807, 2.05) is 13.8 Å². The maximum Gasteiger partial charge on any atom is 0.319 e. The van der Waals surface area contributed by atoms with Crippen LogP contribution in [0.5, 0.6) is 0 Å². The van der Waals surface area contributed by atoms with E-state index in [1.54, 1.807) is 24.3 Å². The fourth-order valence-corrected chi connectivity index (χ4v) is 1.63. The van der Waals surface area contributed by atoms with Gasteiger partial charge in [-0.3, -0.25) is 4.79 Å². The Bertz CT molecular complexity index is 457. The summed E-state index contributed by atoms with van der Waals surface area (Å²) in [5, 5.41) is 15.0. The third-order valence-electron chi connectivity index (χ3n) is 3.32. The summed E-state index contributed by atoms with van der Waals surface area (Å²) in [5.74, 6) is 0.128. The number of nitrogens with one attached hydrogen (secondary N) is 2. The first-order valence-corrected chi connectivity index (χ1v) is 6.78. The molecule has 0 bridgehead atoms. The van der Waals surface area contributed by atoms with E-state index in [4.69, 9.17) is 0 Å². The average Bonchev–Trinajstić information content (AvgIpc) is 2.44. The molecule has 20 heavy (non-hydrogen) atoms. The molecule has 1 rings (SSSR count). The second-order valence-corrected chi connectivity index (χ2v) is 4.92. The number of hydrogen-bond acceptors (Lipinski definition) is 3. The minimum absolute atomic E-state index is 0.0160. The lowest BCUT2D eigenvalue weighted by molar-refractivity contribution is 0.101. The monoisotopic (exact) mass is 278 g/mol. The lowest BCUT2D eigenvalue weighted by Gasteiger charge is -2.17. The van der Waals surface area contributed by atoms with Crippen LogP contribution in [-0.4, -0.2) is 29.6 Å². The van der Waals surface area contributed by atoms with Crippen molar-refractivity contribution in [2.24, 2.45) is 5.92 Å². The number of carbonyl (C=O) groups excluding carboxylic acids is 2. The summed E-state index contributed by atoms with van der Waals surface area (Å²) in [6.45, 7) is 5.63. The van der Waals surface area contributed by atoms with Gasteiger partial charge in [0.15, 0.2) is 5.78 Å². The van der Waals surface area contributed by atoms with E-state index < -0.39 is 6.10 Å². The number of aliphatic hydroxyl groups is 1. The van der Waals surface area contributed by atoms with Crippen molar-refractivity contribution in [2.45, 2.75) is 33.3 Å². The Morgan fingerprint density at radius 1 is 1.25 bits per heavy atom. The molecule has 3 N–H and O–H groups in total. The van der Waals surface area contributed by atoms with Crippen molar-refractivity contribution in [3.05, 3.63) is 29.8 Å². The van der Waals surface area contributed by atoms with Crippen LogP contribution in [0.1, 0.15) is 37.6 Å². The molecule has 0 radical (unpaired) electrons. The minimum atomic E-state index is -0.550. The molecule has 110 valence electrons. The van der Waals surface area contributed by atoms with Gasteiger partial charge in [-0.15, -0.1) is 0 Å². The molecule has 2 unspecified atom stereocenters. The van der Waals surface area contributed by atoms with Crippen molar-refractivity contribution >= 4 is 17.5 Å². The molecule has 0 saturated carbocycles. The van der Waals surface area contributed by atoms with Gasteiger partial charge in [0.05, 0.1) is 6.10 Å². The third kappa shape index (κ3) is 5.01. The van der Waals surface area contributed by atoms with Crippen LogP contribution in [0.25, 0.3) is 0 Å². The van der Waals surface area contributed by atoms with E-state index in [0.29, 0.717) is 11.3 Å². The zero-order valence-electron chi connectivity index (χ0n) is 12.1. The number of benzene rings is 1. The minimum Gasteiger partial charge on any atom is -0.391 e. The highest BCUT2D eigenvalue weighted by Crippen LogP contribution is 2.10. The van der Waals surface area contributed by atoms with E-state index in [2.05, 4.69) is 10.6 Å². The number of aliphatic hydroxyl groups excluding tert-OH is 1. The number of carbonyl (C=O) groups is 2. The summed E-state index contributed by atoms with van der Waals surface area (Å²) < 4.78 is 0. The quantitative estimate of drug-likeness (QED) is 0.699. The second kappa shape index (κ2) is 7.65. The normalized spacial score (nSPS) is 13.4. The van der Waals surface area contributed by atoms with E-state index in [1.165, 1.54) is 6.92 Å². The van der Waals surface area contributed by atoms with Crippen LogP contribution in [0, 0.1) is 5.92 Å². The van der Waals surface area contributed by atoms with Gasteiger partial charge in [0.1, 0.15) is 0 Å². The molecule has 2 atom stereocenters. The van der Waals surface area contributed by atoms with Gasteiger partial charge in [0.2, 0.25) is 0 Å². The summed E-state index contributed by atoms with van der Waals surface area (Å²) in [4.78, 5) is 22.8. The van der Waals surface area contributed by atoms with Gasteiger partial charge < -0.3 is 15.7 Å². The Balaban J connectivity index is 2.44. The highest BCUT2D eigenvalue weighted by atomic mass is 16.3. The zero-order chi connectivity index (χ0) is 15.1. The van der Waals surface area contributed by atoms with Crippen LogP contribution < -0.4 is 10.6 Å².